The van der Waals surface area contributed by atoms with E-state index < -0.39 is 0 Å². The van der Waals surface area contributed by atoms with Gasteiger partial charge in [-0.2, -0.15) is 0 Å². The van der Waals surface area contributed by atoms with Crippen LogP contribution in [0.25, 0.3) is 0 Å². The Bertz CT molecular complexity index is 411. The fourth-order valence-corrected chi connectivity index (χ4v) is 4.33. The Kier molecular flexibility index (Phi) is 1.88. The van der Waals surface area contributed by atoms with Crippen LogP contribution in [0.4, 0.5) is 5.69 Å². The molecule has 80 valence electrons. The molecule has 1 saturated heterocycles. The third kappa shape index (κ3) is 1.17. The van der Waals surface area contributed by atoms with E-state index in [1.807, 2.05) is 0 Å². The third-order valence-corrected chi connectivity index (χ3v) is 5.24. The van der Waals surface area contributed by atoms with Crippen molar-refractivity contribution in [3.8, 4) is 0 Å². The van der Waals surface area contributed by atoms with Gasteiger partial charge in [-0.15, -0.1) is 11.8 Å². The van der Waals surface area contributed by atoms with Gasteiger partial charge in [0.1, 0.15) is 0 Å². The maximum atomic E-state index is 2.58. The Labute approximate surface area is 95.9 Å². The Morgan fingerprint density at radius 1 is 1.40 bits per heavy atom. The second kappa shape index (κ2) is 2.94. The molecule has 1 nitrogen and oxygen atoms in total. The van der Waals surface area contributed by atoms with E-state index in [0.29, 0.717) is 10.8 Å². The van der Waals surface area contributed by atoms with Gasteiger partial charge in [-0.25, -0.2) is 0 Å². The van der Waals surface area contributed by atoms with E-state index in [9.17, 15) is 0 Å². The Morgan fingerprint density at radius 2 is 2.20 bits per heavy atom. The van der Waals surface area contributed by atoms with Crippen LogP contribution in [0.5, 0.6) is 0 Å². The molecular weight excluding hydrogens is 202 g/mol. The second-order valence-corrected chi connectivity index (χ2v) is 6.35. The zero-order valence-corrected chi connectivity index (χ0v) is 10.4. The number of thioether (sulfide) groups is 1. The van der Waals surface area contributed by atoms with Crippen LogP contribution in [0.15, 0.2) is 18.2 Å². The minimum Gasteiger partial charge on any atom is -0.358 e. The molecule has 1 unspecified atom stereocenters. The number of fused-ring (bicyclic) bond motifs is 3. The highest BCUT2D eigenvalue weighted by atomic mass is 32.2. The average Bonchev–Trinajstić information content (AvgIpc) is 2.72. The predicted octanol–water partition coefficient (Wildman–Crippen LogP) is 3.17. The fourth-order valence-electron chi connectivity index (χ4n) is 2.86. The van der Waals surface area contributed by atoms with Crippen molar-refractivity contribution in [3.63, 3.8) is 0 Å². The highest BCUT2D eigenvalue weighted by Crippen LogP contribution is 2.51. The predicted molar refractivity (Wildman–Crippen MR) is 67.8 cm³/mol. The smallest absolute Gasteiger partial charge is 0.0843 e. The van der Waals surface area contributed by atoms with Crippen molar-refractivity contribution < 1.29 is 0 Å². The summed E-state index contributed by atoms with van der Waals surface area (Å²) in [6.07, 6.45) is 0. The summed E-state index contributed by atoms with van der Waals surface area (Å²) in [4.78, 5) is 2.58. The molecular formula is C13H17NS. The highest BCUT2D eigenvalue weighted by molar-refractivity contribution is 8.00. The molecule has 0 amide bonds. The molecule has 0 N–H and O–H groups in total. The molecule has 0 saturated carbocycles. The standard InChI is InChI=1S/C13H17NS/c1-9-4-5-11-10(8-9)13(2,3)12-14(11)6-7-15-12/h4-5,8,12H,6-7H2,1-3H3. The molecule has 2 aliphatic rings. The first-order valence-corrected chi connectivity index (χ1v) is 6.65. The zero-order chi connectivity index (χ0) is 10.6. The summed E-state index contributed by atoms with van der Waals surface area (Å²) < 4.78 is 0. The number of hydrogen-bond acceptors (Lipinski definition) is 2. The van der Waals surface area contributed by atoms with Crippen LogP contribution in [0.1, 0.15) is 25.0 Å². The summed E-state index contributed by atoms with van der Waals surface area (Å²) in [6.45, 7) is 8.17. The topological polar surface area (TPSA) is 3.24 Å². The van der Waals surface area contributed by atoms with Gasteiger partial charge in [0.15, 0.2) is 0 Å². The number of aryl methyl sites for hydroxylation is 1. The van der Waals surface area contributed by atoms with Crippen molar-refractivity contribution in [1.29, 1.82) is 0 Å². The van der Waals surface area contributed by atoms with E-state index in [1.54, 1.807) is 5.56 Å². The van der Waals surface area contributed by atoms with Crippen LogP contribution < -0.4 is 4.90 Å². The molecule has 1 aromatic rings. The molecule has 2 heteroatoms. The normalized spacial score (nSPS) is 26.6. The largest absolute Gasteiger partial charge is 0.358 e. The van der Waals surface area contributed by atoms with E-state index in [2.05, 4.69) is 55.6 Å². The molecule has 0 radical (unpaired) electrons. The van der Waals surface area contributed by atoms with E-state index in [1.165, 1.54) is 23.5 Å². The monoisotopic (exact) mass is 219 g/mol. The number of benzene rings is 1. The van der Waals surface area contributed by atoms with E-state index in [4.69, 9.17) is 0 Å². The van der Waals surface area contributed by atoms with Crippen LogP contribution in [0.2, 0.25) is 0 Å². The Balaban J connectivity index is 2.20. The van der Waals surface area contributed by atoms with Crippen molar-refractivity contribution in [2.75, 3.05) is 17.2 Å². The van der Waals surface area contributed by atoms with Gasteiger partial charge in [-0.3, -0.25) is 0 Å². The van der Waals surface area contributed by atoms with Gasteiger partial charge in [-0.1, -0.05) is 31.5 Å². The summed E-state index contributed by atoms with van der Waals surface area (Å²) in [7, 11) is 0. The highest BCUT2D eigenvalue weighted by Gasteiger charge is 2.47. The minimum absolute atomic E-state index is 0.308. The van der Waals surface area contributed by atoms with Gasteiger partial charge >= 0.3 is 0 Å². The van der Waals surface area contributed by atoms with Crippen LogP contribution in [0.3, 0.4) is 0 Å². The number of rotatable bonds is 0. The molecule has 0 aliphatic carbocycles. The lowest BCUT2D eigenvalue weighted by Gasteiger charge is -2.27. The summed E-state index contributed by atoms with van der Waals surface area (Å²) >= 11 is 2.11. The van der Waals surface area contributed by atoms with Crippen LogP contribution in [-0.2, 0) is 5.41 Å². The first-order chi connectivity index (χ1) is 7.10. The van der Waals surface area contributed by atoms with Gasteiger partial charge in [0, 0.05) is 23.4 Å². The van der Waals surface area contributed by atoms with Gasteiger partial charge in [-0.05, 0) is 18.6 Å². The van der Waals surface area contributed by atoms with E-state index in [-0.39, 0.29) is 0 Å². The molecule has 0 spiro atoms. The lowest BCUT2D eigenvalue weighted by atomic mass is 9.86. The van der Waals surface area contributed by atoms with Gasteiger partial charge in [0.05, 0.1) is 5.37 Å². The van der Waals surface area contributed by atoms with Gasteiger partial charge in [0.25, 0.3) is 0 Å². The summed E-state index contributed by atoms with van der Waals surface area (Å²) in [5.41, 5.74) is 4.70. The van der Waals surface area contributed by atoms with Crippen molar-refractivity contribution in [2.45, 2.75) is 31.6 Å². The van der Waals surface area contributed by atoms with E-state index >= 15 is 0 Å². The lowest BCUT2D eigenvalue weighted by Crippen LogP contribution is -2.34. The quantitative estimate of drug-likeness (QED) is 0.659. The first kappa shape index (κ1) is 9.59. The maximum Gasteiger partial charge on any atom is 0.0843 e. The summed E-state index contributed by atoms with van der Waals surface area (Å²) in [6, 6.07) is 6.91. The summed E-state index contributed by atoms with van der Waals surface area (Å²) in [5, 5.41) is 0.661. The number of nitrogens with zero attached hydrogens (tertiary/aromatic N) is 1. The zero-order valence-electron chi connectivity index (χ0n) is 9.58. The third-order valence-electron chi connectivity index (χ3n) is 3.66. The van der Waals surface area contributed by atoms with Crippen molar-refractivity contribution in [2.24, 2.45) is 0 Å². The van der Waals surface area contributed by atoms with Crippen molar-refractivity contribution in [1.82, 2.24) is 0 Å². The Hall–Kier alpha value is -0.630. The van der Waals surface area contributed by atoms with Crippen LogP contribution in [-0.4, -0.2) is 17.7 Å². The number of hydrogen-bond donors (Lipinski definition) is 0. The van der Waals surface area contributed by atoms with E-state index in [0.717, 1.165) is 0 Å². The lowest BCUT2D eigenvalue weighted by molar-refractivity contribution is 0.531. The fraction of sp³-hybridized carbons (Fsp3) is 0.538. The molecule has 15 heavy (non-hydrogen) atoms. The molecule has 2 heterocycles. The van der Waals surface area contributed by atoms with Crippen LogP contribution in [0, 0.1) is 6.92 Å². The SMILES string of the molecule is Cc1ccc2c(c1)C(C)(C)C1SCCN21. The Morgan fingerprint density at radius 3 is 3.00 bits per heavy atom. The summed E-state index contributed by atoms with van der Waals surface area (Å²) in [5.74, 6) is 1.28. The molecule has 3 rings (SSSR count). The second-order valence-electron chi connectivity index (χ2n) is 5.16. The number of anilines is 1. The molecule has 1 aromatic carbocycles. The first-order valence-electron chi connectivity index (χ1n) is 5.60. The average molecular weight is 219 g/mol. The molecule has 0 aromatic heterocycles. The molecule has 1 fully saturated rings. The van der Waals surface area contributed by atoms with Crippen molar-refractivity contribution >= 4 is 17.4 Å². The van der Waals surface area contributed by atoms with Crippen LogP contribution >= 0.6 is 11.8 Å². The minimum atomic E-state index is 0.308. The van der Waals surface area contributed by atoms with Gasteiger partial charge in [0.2, 0.25) is 0 Å². The maximum absolute atomic E-state index is 2.58. The molecule has 1 atom stereocenters. The molecule has 2 aliphatic heterocycles. The molecule has 0 bridgehead atoms. The van der Waals surface area contributed by atoms with Gasteiger partial charge < -0.3 is 4.90 Å². The van der Waals surface area contributed by atoms with Crippen molar-refractivity contribution in [3.05, 3.63) is 29.3 Å².